The van der Waals surface area contributed by atoms with E-state index in [4.69, 9.17) is 4.42 Å². The molecule has 2 heterocycles. The van der Waals surface area contributed by atoms with Crippen LogP contribution < -0.4 is 5.32 Å². The number of hydrogen-bond acceptors (Lipinski definition) is 5. The molecule has 0 amide bonds. The number of rotatable bonds is 4. The zero-order valence-corrected chi connectivity index (χ0v) is 10.5. The molecule has 5 heteroatoms. The van der Waals surface area contributed by atoms with Crippen molar-refractivity contribution in [3.63, 3.8) is 0 Å². The summed E-state index contributed by atoms with van der Waals surface area (Å²) in [4.78, 5) is 2.35. The number of likely N-dealkylation sites (N-methyl/N-ethyl adjacent to an activating group) is 1. The number of nitrogens with one attached hydrogen (secondary N) is 1. The van der Waals surface area contributed by atoms with Gasteiger partial charge in [0.2, 0.25) is 5.89 Å². The van der Waals surface area contributed by atoms with Crippen LogP contribution in [-0.4, -0.2) is 23.8 Å². The molecule has 0 saturated carbocycles. The maximum absolute atomic E-state index is 5.59. The van der Waals surface area contributed by atoms with Gasteiger partial charge in [-0.3, -0.25) is 0 Å². The van der Waals surface area contributed by atoms with Gasteiger partial charge in [0.1, 0.15) is 0 Å². The van der Waals surface area contributed by atoms with Gasteiger partial charge in [0, 0.05) is 17.8 Å². The van der Waals surface area contributed by atoms with E-state index in [0.29, 0.717) is 11.8 Å². The molecule has 16 heavy (non-hydrogen) atoms. The molecule has 86 valence electrons. The van der Waals surface area contributed by atoms with Gasteiger partial charge in [-0.25, -0.2) is 0 Å². The summed E-state index contributed by atoms with van der Waals surface area (Å²) in [6, 6.07) is 2.09. The highest BCUT2D eigenvalue weighted by Crippen LogP contribution is 2.29. The second-order valence-electron chi connectivity index (χ2n) is 3.70. The Kier molecular flexibility index (Phi) is 3.36. The maximum Gasteiger partial charge on any atom is 0.257 e. The van der Waals surface area contributed by atoms with E-state index in [0.717, 1.165) is 17.8 Å². The summed E-state index contributed by atoms with van der Waals surface area (Å²) in [7, 11) is 1.91. The fraction of sp³-hybridized carbons (Fsp3) is 0.455. The van der Waals surface area contributed by atoms with Gasteiger partial charge in [0.05, 0.1) is 4.88 Å². The number of thiophene rings is 1. The number of nitrogens with zero attached hydrogens (tertiary/aromatic N) is 2. The average Bonchev–Trinajstić information content (AvgIpc) is 2.84. The van der Waals surface area contributed by atoms with Crippen LogP contribution in [-0.2, 0) is 6.42 Å². The largest absolute Gasteiger partial charge is 0.420 e. The van der Waals surface area contributed by atoms with Crippen molar-refractivity contribution in [2.24, 2.45) is 0 Å². The monoisotopic (exact) mass is 237 g/mol. The first-order chi connectivity index (χ1) is 7.70. The van der Waals surface area contributed by atoms with Crippen LogP contribution in [0.1, 0.15) is 16.3 Å². The Morgan fingerprint density at radius 3 is 2.81 bits per heavy atom. The Hall–Kier alpha value is -1.20. The third-order valence-electron chi connectivity index (χ3n) is 2.43. The first-order valence-electron chi connectivity index (χ1n) is 5.25. The predicted molar refractivity (Wildman–Crippen MR) is 64.7 cm³/mol. The van der Waals surface area contributed by atoms with Crippen molar-refractivity contribution in [2.75, 3.05) is 13.6 Å². The van der Waals surface area contributed by atoms with Crippen molar-refractivity contribution >= 4 is 11.3 Å². The number of aromatic nitrogens is 2. The molecule has 0 aliphatic rings. The van der Waals surface area contributed by atoms with Crippen molar-refractivity contribution in [1.29, 1.82) is 0 Å². The van der Waals surface area contributed by atoms with E-state index >= 15 is 0 Å². The second kappa shape index (κ2) is 4.76. The average molecular weight is 237 g/mol. The summed E-state index contributed by atoms with van der Waals surface area (Å²) in [5, 5.41) is 11.1. The molecule has 0 aromatic carbocycles. The van der Waals surface area contributed by atoms with Crippen LogP contribution in [0.4, 0.5) is 0 Å². The standard InChI is InChI=1S/C11H15N3OS/c1-7-6-9(16-8(7)2)11-14-13-10(15-11)4-5-12-3/h6,12H,4-5H2,1-3H3. The first-order valence-corrected chi connectivity index (χ1v) is 6.06. The lowest BCUT2D eigenvalue weighted by atomic mass is 10.3. The molecule has 4 nitrogen and oxygen atoms in total. The molecule has 0 unspecified atom stereocenters. The van der Waals surface area contributed by atoms with Crippen LogP contribution in [0.2, 0.25) is 0 Å². The Labute approximate surface area is 98.7 Å². The molecule has 2 aromatic heterocycles. The zero-order valence-electron chi connectivity index (χ0n) is 9.70. The molecular formula is C11H15N3OS. The molecule has 0 fully saturated rings. The first kappa shape index (κ1) is 11.3. The molecule has 0 saturated heterocycles. The van der Waals surface area contributed by atoms with Gasteiger partial charge in [0.25, 0.3) is 5.89 Å². The van der Waals surface area contributed by atoms with Crippen LogP contribution in [0.3, 0.4) is 0 Å². The Morgan fingerprint density at radius 1 is 1.38 bits per heavy atom. The smallest absolute Gasteiger partial charge is 0.257 e. The molecule has 0 radical (unpaired) electrons. The number of aryl methyl sites for hydroxylation is 2. The Balaban J connectivity index is 2.18. The predicted octanol–water partition coefficient (Wildman–Crippen LogP) is 2.18. The highest BCUT2D eigenvalue weighted by molar-refractivity contribution is 7.15. The van der Waals surface area contributed by atoms with E-state index in [-0.39, 0.29) is 0 Å². The van der Waals surface area contributed by atoms with E-state index in [2.05, 4.69) is 35.4 Å². The van der Waals surface area contributed by atoms with Gasteiger partial charge in [-0.1, -0.05) is 0 Å². The normalized spacial score (nSPS) is 10.9. The minimum atomic E-state index is 0.632. The third kappa shape index (κ3) is 2.31. The van der Waals surface area contributed by atoms with Crippen molar-refractivity contribution in [1.82, 2.24) is 15.5 Å². The quantitative estimate of drug-likeness (QED) is 0.885. The molecular weight excluding hydrogens is 222 g/mol. The summed E-state index contributed by atoms with van der Waals surface area (Å²) in [5.74, 6) is 1.32. The van der Waals surface area contributed by atoms with Crippen molar-refractivity contribution in [2.45, 2.75) is 20.3 Å². The SMILES string of the molecule is CNCCc1nnc(-c2cc(C)c(C)s2)o1. The molecule has 0 aliphatic carbocycles. The van der Waals surface area contributed by atoms with E-state index in [1.54, 1.807) is 11.3 Å². The van der Waals surface area contributed by atoms with Crippen LogP contribution in [0, 0.1) is 13.8 Å². The van der Waals surface area contributed by atoms with Crippen LogP contribution in [0.25, 0.3) is 10.8 Å². The lowest BCUT2D eigenvalue weighted by molar-refractivity contribution is 0.501. The third-order valence-corrected chi connectivity index (χ3v) is 3.57. The molecule has 2 aromatic rings. The Morgan fingerprint density at radius 2 is 2.19 bits per heavy atom. The van der Waals surface area contributed by atoms with Crippen molar-refractivity contribution < 1.29 is 4.42 Å². The van der Waals surface area contributed by atoms with Crippen molar-refractivity contribution in [3.05, 3.63) is 22.4 Å². The summed E-state index contributed by atoms with van der Waals surface area (Å²) >= 11 is 1.69. The van der Waals surface area contributed by atoms with Crippen LogP contribution in [0.15, 0.2) is 10.5 Å². The summed E-state index contributed by atoms with van der Waals surface area (Å²) in [6.07, 6.45) is 0.771. The van der Waals surface area contributed by atoms with E-state index in [1.165, 1.54) is 10.4 Å². The minimum absolute atomic E-state index is 0.632. The summed E-state index contributed by atoms with van der Waals surface area (Å²) in [5.41, 5.74) is 1.27. The van der Waals surface area contributed by atoms with Gasteiger partial charge in [-0.2, -0.15) is 0 Å². The van der Waals surface area contributed by atoms with E-state index in [9.17, 15) is 0 Å². The summed E-state index contributed by atoms with van der Waals surface area (Å²) < 4.78 is 5.59. The van der Waals surface area contributed by atoms with Gasteiger partial charge in [-0.15, -0.1) is 21.5 Å². The summed E-state index contributed by atoms with van der Waals surface area (Å²) in [6.45, 7) is 5.04. The van der Waals surface area contributed by atoms with Crippen molar-refractivity contribution in [3.8, 4) is 10.8 Å². The highest BCUT2D eigenvalue weighted by atomic mass is 32.1. The second-order valence-corrected chi connectivity index (χ2v) is 4.96. The molecule has 2 rings (SSSR count). The lowest BCUT2D eigenvalue weighted by Gasteiger charge is -1.91. The van der Waals surface area contributed by atoms with Gasteiger partial charge >= 0.3 is 0 Å². The van der Waals surface area contributed by atoms with Gasteiger partial charge < -0.3 is 9.73 Å². The molecule has 0 aliphatic heterocycles. The van der Waals surface area contributed by atoms with E-state index in [1.807, 2.05) is 7.05 Å². The van der Waals surface area contributed by atoms with Gasteiger partial charge in [0.15, 0.2) is 0 Å². The topological polar surface area (TPSA) is 51.0 Å². The molecule has 0 atom stereocenters. The molecule has 1 N–H and O–H groups in total. The van der Waals surface area contributed by atoms with Crippen LogP contribution in [0.5, 0.6) is 0 Å². The maximum atomic E-state index is 5.59. The van der Waals surface area contributed by atoms with E-state index < -0.39 is 0 Å². The highest BCUT2D eigenvalue weighted by Gasteiger charge is 2.11. The fourth-order valence-corrected chi connectivity index (χ4v) is 2.32. The molecule has 0 bridgehead atoms. The zero-order chi connectivity index (χ0) is 11.5. The lowest BCUT2D eigenvalue weighted by Crippen LogP contribution is -2.10. The Bertz CT molecular complexity index is 456. The van der Waals surface area contributed by atoms with Crippen LogP contribution >= 0.6 is 11.3 Å². The van der Waals surface area contributed by atoms with Gasteiger partial charge in [-0.05, 0) is 32.5 Å². The number of hydrogen-bond donors (Lipinski definition) is 1. The minimum Gasteiger partial charge on any atom is -0.420 e. The molecule has 0 spiro atoms. The fourth-order valence-electron chi connectivity index (χ4n) is 1.36.